The monoisotopic (exact) mass is 297 g/mol. The second kappa shape index (κ2) is 5.48. The second-order valence-corrected chi connectivity index (χ2v) is 5.18. The van der Waals surface area contributed by atoms with Crippen LogP contribution in [0.4, 0.5) is 5.69 Å². The zero-order chi connectivity index (χ0) is 15.7. The Morgan fingerprint density at radius 3 is 2.55 bits per heavy atom. The van der Waals surface area contributed by atoms with E-state index in [4.69, 9.17) is 4.74 Å². The lowest BCUT2D eigenvalue weighted by atomic mass is 10.2. The van der Waals surface area contributed by atoms with Crippen molar-refractivity contribution in [3.63, 3.8) is 0 Å². The molecule has 6 nitrogen and oxygen atoms in total. The smallest absolute Gasteiger partial charge is 0.270 e. The highest BCUT2D eigenvalue weighted by Crippen LogP contribution is 2.32. The maximum Gasteiger partial charge on any atom is 0.270 e. The number of nitrogens with zero attached hydrogens (tertiary/aromatic N) is 3. The van der Waals surface area contributed by atoms with Crippen LogP contribution in [0.5, 0.6) is 5.88 Å². The van der Waals surface area contributed by atoms with Crippen LogP contribution in [0, 0.1) is 10.1 Å². The van der Waals surface area contributed by atoms with Crippen molar-refractivity contribution in [2.75, 3.05) is 0 Å². The van der Waals surface area contributed by atoms with Gasteiger partial charge in [0.1, 0.15) is 0 Å². The Hall–Kier alpha value is -2.89. The van der Waals surface area contributed by atoms with Gasteiger partial charge in [0.05, 0.1) is 27.6 Å². The Morgan fingerprint density at radius 2 is 1.91 bits per heavy atom. The highest BCUT2D eigenvalue weighted by molar-refractivity contribution is 5.87. The predicted octanol–water partition coefficient (Wildman–Crippen LogP) is 3.72. The van der Waals surface area contributed by atoms with E-state index in [-0.39, 0.29) is 11.8 Å². The van der Waals surface area contributed by atoms with Gasteiger partial charge in [0.2, 0.25) is 5.88 Å². The molecule has 0 bridgehead atoms. The maximum absolute atomic E-state index is 11.0. The van der Waals surface area contributed by atoms with Crippen molar-refractivity contribution in [2.24, 2.45) is 0 Å². The quantitative estimate of drug-likeness (QED) is 0.543. The van der Waals surface area contributed by atoms with Crippen molar-refractivity contribution in [1.29, 1.82) is 0 Å². The van der Waals surface area contributed by atoms with Gasteiger partial charge < -0.3 is 4.74 Å². The minimum Gasteiger partial charge on any atom is -0.474 e. The van der Waals surface area contributed by atoms with Crippen LogP contribution in [0.15, 0.2) is 48.5 Å². The Morgan fingerprint density at radius 1 is 1.18 bits per heavy atom. The van der Waals surface area contributed by atoms with E-state index in [1.165, 1.54) is 12.1 Å². The molecule has 0 amide bonds. The van der Waals surface area contributed by atoms with Gasteiger partial charge in [-0.2, -0.15) is 9.78 Å². The first-order valence-electron chi connectivity index (χ1n) is 6.95. The SMILES string of the molecule is CC(C)Oc1c2cc([N+](=O)[O-])ccc2nn1-c1ccccc1. The number of aromatic nitrogens is 2. The summed E-state index contributed by atoms with van der Waals surface area (Å²) in [5.41, 5.74) is 1.52. The summed E-state index contributed by atoms with van der Waals surface area (Å²) >= 11 is 0. The molecule has 22 heavy (non-hydrogen) atoms. The minimum atomic E-state index is -0.418. The Bertz CT molecular complexity index is 825. The van der Waals surface area contributed by atoms with Crippen molar-refractivity contribution >= 4 is 16.6 Å². The fourth-order valence-corrected chi connectivity index (χ4v) is 2.24. The number of rotatable bonds is 4. The topological polar surface area (TPSA) is 70.2 Å². The third kappa shape index (κ3) is 2.50. The van der Waals surface area contributed by atoms with Crippen molar-refractivity contribution in [3.05, 3.63) is 58.6 Å². The zero-order valence-corrected chi connectivity index (χ0v) is 12.3. The molecule has 2 aromatic carbocycles. The molecule has 0 aliphatic heterocycles. The van der Waals surface area contributed by atoms with Crippen LogP contribution >= 0.6 is 0 Å². The van der Waals surface area contributed by atoms with Crippen LogP contribution in [0.1, 0.15) is 13.8 Å². The molecule has 3 aromatic rings. The summed E-state index contributed by atoms with van der Waals surface area (Å²) in [6.45, 7) is 3.82. The Labute approximate surface area is 127 Å². The fraction of sp³-hybridized carbons (Fsp3) is 0.188. The van der Waals surface area contributed by atoms with Crippen LogP contribution in [0.2, 0.25) is 0 Å². The number of benzene rings is 2. The zero-order valence-electron chi connectivity index (χ0n) is 12.3. The molecule has 0 aliphatic carbocycles. The maximum atomic E-state index is 11.0. The number of nitro groups is 1. The van der Waals surface area contributed by atoms with E-state index < -0.39 is 4.92 Å². The van der Waals surface area contributed by atoms with E-state index in [9.17, 15) is 10.1 Å². The molecule has 0 saturated heterocycles. The highest BCUT2D eigenvalue weighted by Gasteiger charge is 2.18. The van der Waals surface area contributed by atoms with Crippen molar-refractivity contribution in [1.82, 2.24) is 9.78 Å². The molecule has 0 atom stereocenters. The summed E-state index contributed by atoms with van der Waals surface area (Å²) < 4.78 is 7.54. The minimum absolute atomic E-state index is 0.0220. The summed E-state index contributed by atoms with van der Waals surface area (Å²) in [6, 6.07) is 14.1. The summed E-state index contributed by atoms with van der Waals surface area (Å²) in [5, 5.41) is 16.1. The average Bonchev–Trinajstić information content (AvgIpc) is 2.85. The van der Waals surface area contributed by atoms with Crippen molar-refractivity contribution < 1.29 is 9.66 Å². The summed E-state index contributed by atoms with van der Waals surface area (Å²) in [4.78, 5) is 10.6. The van der Waals surface area contributed by atoms with Crippen LogP contribution in [-0.2, 0) is 0 Å². The Kier molecular flexibility index (Phi) is 3.50. The fourth-order valence-electron chi connectivity index (χ4n) is 2.24. The molecule has 0 aliphatic rings. The number of nitro benzene ring substituents is 1. The van der Waals surface area contributed by atoms with E-state index in [1.54, 1.807) is 10.7 Å². The molecule has 1 aromatic heterocycles. The Balaban J connectivity index is 2.25. The molecule has 0 radical (unpaired) electrons. The van der Waals surface area contributed by atoms with E-state index in [0.717, 1.165) is 5.69 Å². The second-order valence-electron chi connectivity index (χ2n) is 5.18. The lowest BCUT2D eigenvalue weighted by Crippen LogP contribution is -2.10. The van der Waals surface area contributed by atoms with Gasteiger partial charge in [0.25, 0.3) is 5.69 Å². The van der Waals surface area contributed by atoms with Crippen LogP contribution < -0.4 is 4.74 Å². The average molecular weight is 297 g/mol. The van der Waals surface area contributed by atoms with Crippen LogP contribution in [-0.4, -0.2) is 20.8 Å². The first-order chi connectivity index (χ1) is 10.6. The molecule has 3 rings (SSSR count). The van der Waals surface area contributed by atoms with E-state index >= 15 is 0 Å². The molecule has 1 heterocycles. The third-order valence-corrected chi connectivity index (χ3v) is 3.17. The van der Waals surface area contributed by atoms with Gasteiger partial charge in [0.15, 0.2) is 0 Å². The predicted molar refractivity (Wildman–Crippen MR) is 83.5 cm³/mol. The van der Waals surface area contributed by atoms with Gasteiger partial charge in [-0.3, -0.25) is 10.1 Å². The summed E-state index contributed by atoms with van der Waals surface area (Å²) in [5.74, 6) is 0.514. The van der Waals surface area contributed by atoms with Gasteiger partial charge >= 0.3 is 0 Å². The highest BCUT2D eigenvalue weighted by atomic mass is 16.6. The van der Waals surface area contributed by atoms with Gasteiger partial charge in [-0.25, -0.2) is 0 Å². The summed E-state index contributed by atoms with van der Waals surface area (Å²) in [6.07, 6.45) is -0.0679. The molecular formula is C16H15N3O3. The van der Waals surface area contributed by atoms with Crippen molar-refractivity contribution in [2.45, 2.75) is 20.0 Å². The third-order valence-electron chi connectivity index (χ3n) is 3.17. The van der Waals surface area contributed by atoms with Crippen LogP contribution in [0.25, 0.3) is 16.6 Å². The molecule has 0 spiro atoms. The van der Waals surface area contributed by atoms with Gasteiger partial charge in [0, 0.05) is 12.1 Å². The number of para-hydroxylation sites is 1. The molecule has 0 unspecified atom stereocenters. The first-order valence-corrected chi connectivity index (χ1v) is 6.95. The van der Waals surface area contributed by atoms with E-state index in [2.05, 4.69) is 5.10 Å². The largest absolute Gasteiger partial charge is 0.474 e. The molecular weight excluding hydrogens is 282 g/mol. The number of hydrogen-bond donors (Lipinski definition) is 0. The summed E-state index contributed by atoms with van der Waals surface area (Å²) in [7, 11) is 0. The molecule has 6 heteroatoms. The van der Waals surface area contributed by atoms with Gasteiger partial charge in [-0.15, -0.1) is 0 Å². The molecule has 0 saturated carbocycles. The normalized spacial score (nSPS) is 11.0. The number of fused-ring (bicyclic) bond motifs is 1. The lowest BCUT2D eigenvalue weighted by Gasteiger charge is -2.12. The number of hydrogen-bond acceptors (Lipinski definition) is 4. The van der Waals surface area contributed by atoms with Crippen molar-refractivity contribution in [3.8, 4) is 11.6 Å². The first kappa shape index (κ1) is 14.1. The van der Waals surface area contributed by atoms with Crippen LogP contribution in [0.3, 0.4) is 0 Å². The molecule has 112 valence electrons. The standard InChI is InChI=1S/C16H15N3O3/c1-11(2)22-16-14-10-13(19(20)21)8-9-15(14)17-18(16)12-6-4-3-5-7-12/h3-11H,1-2H3. The number of non-ortho nitro benzene ring substituents is 1. The molecule has 0 fully saturated rings. The van der Waals surface area contributed by atoms with E-state index in [0.29, 0.717) is 16.8 Å². The van der Waals surface area contributed by atoms with E-state index in [1.807, 2.05) is 44.2 Å². The number of ether oxygens (including phenoxy) is 1. The lowest BCUT2D eigenvalue weighted by molar-refractivity contribution is -0.384. The molecule has 0 N–H and O–H groups in total. The van der Waals surface area contributed by atoms with Gasteiger partial charge in [-0.05, 0) is 32.0 Å². The van der Waals surface area contributed by atoms with Gasteiger partial charge in [-0.1, -0.05) is 18.2 Å².